The number of amides is 1. The molecule has 2 unspecified atom stereocenters. The molecule has 1 amide bonds. The third-order valence-corrected chi connectivity index (χ3v) is 3.80. The number of hydrogen-bond acceptors (Lipinski definition) is 3. The number of halogens is 2. The molecule has 6 heteroatoms. The molecule has 1 aliphatic rings. The first-order valence-electron chi connectivity index (χ1n) is 6.48. The van der Waals surface area contributed by atoms with Crippen molar-refractivity contribution in [3.63, 3.8) is 0 Å². The van der Waals surface area contributed by atoms with Crippen molar-refractivity contribution in [2.75, 3.05) is 27.2 Å². The van der Waals surface area contributed by atoms with Gasteiger partial charge in [0.05, 0.1) is 16.7 Å². The Bertz CT molecular complexity index is 510. The van der Waals surface area contributed by atoms with Crippen LogP contribution < -0.4 is 0 Å². The number of aliphatic hydroxyl groups is 1. The second kappa shape index (κ2) is 6.08. The van der Waals surface area contributed by atoms with Gasteiger partial charge in [0.15, 0.2) is 0 Å². The van der Waals surface area contributed by atoms with E-state index in [9.17, 15) is 14.3 Å². The van der Waals surface area contributed by atoms with Gasteiger partial charge in [-0.15, -0.1) is 0 Å². The Kier molecular flexibility index (Phi) is 4.62. The number of carbonyl (C=O) groups excluding carboxylic acids is 1. The predicted molar refractivity (Wildman–Crippen MR) is 75.4 cm³/mol. The van der Waals surface area contributed by atoms with Gasteiger partial charge in [-0.3, -0.25) is 4.79 Å². The summed E-state index contributed by atoms with van der Waals surface area (Å²) in [5, 5.41) is 9.62. The van der Waals surface area contributed by atoms with E-state index in [1.807, 2.05) is 19.0 Å². The zero-order valence-electron chi connectivity index (χ0n) is 11.5. The summed E-state index contributed by atoms with van der Waals surface area (Å²) in [6.45, 7) is 0.903. The fraction of sp³-hybridized carbons (Fsp3) is 0.500. The first-order valence-corrected chi connectivity index (χ1v) is 6.85. The van der Waals surface area contributed by atoms with Gasteiger partial charge in [-0.1, -0.05) is 17.7 Å². The van der Waals surface area contributed by atoms with Gasteiger partial charge in [-0.25, -0.2) is 4.39 Å². The second-order valence-electron chi connectivity index (χ2n) is 5.36. The van der Waals surface area contributed by atoms with E-state index in [2.05, 4.69) is 0 Å². The molecule has 0 saturated carbocycles. The van der Waals surface area contributed by atoms with E-state index in [1.165, 1.54) is 18.2 Å². The summed E-state index contributed by atoms with van der Waals surface area (Å²) >= 11 is 5.86. The minimum absolute atomic E-state index is 0.0909. The minimum Gasteiger partial charge on any atom is -0.391 e. The summed E-state index contributed by atoms with van der Waals surface area (Å²) < 4.78 is 13.5. The van der Waals surface area contributed by atoms with Crippen LogP contribution >= 0.6 is 11.6 Å². The quantitative estimate of drug-likeness (QED) is 0.922. The molecule has 0 aliphatic carbocycles. The molecule has 2 rings (SSSR count). The molecule has 2 atom stereocenters. The lowest BCUT2D eigenvalue weighted by atomic mass is 10.1. The third-order valence-electron chi connectivity index (χ3n) is 3.41. The molecule has 110 valence electrons. The largest absolute Gasteiger partial charge is 0.391 e. The van der Waals surface area contributed by atoms with E-state index in [0.29, 0.717) is 13.0 Å². The highest BCUT2D eigenvalue weighted by Gasteiger charge is 2.35. The normalized spacial score (nSPS) is 22.6. The zero-order valence-corrected chi connectivity index (χ0v) is 12.3. The van der Waals surface area contributed by atoms with E-state index < -0.39 is 11.9 Å². The molecule has 1 saturated heterocycles. The molecule has 0 aromatic heterocycles. The van der Waals surface area contributed by atoms with Gasteiger partial charge in [0.1, 0.15) is 5.82 Å². The van der Waals surface area contributed by atoms with Gasteiger partial charge in [-0.2, -0.15) is 0 Å². The van der Waals surface area contributed by atoms with Crippen molar-refractivity contribution >= 4 is 17.5 Å². The van der Waals surface area contributed by atoms with Crippen LogP contribution in [0.2, 0.25) is 5.02 Å². The number of β-amino-alcohol motifs (C(OH)–C–C–N with tert-alkyl or cyclic N) is 1. The van der Waals surface area contributed by atoms with Crippen LogP contribution in [-0.4, -0.2) is 60.1 Å². The summed E-state index contributed by atoms with van der Waals surface area (Å²) in [6, 6.07) is 4.09. The topological polar surface area (TPSA) is 43.8 Å². The first kappa shape index (κ1) is 15.2. The summed E-state index contributed by atoms with van der Waals surface area (Å²) in [5.74, 6) is -0.945. The molecule has 0 radical (unpaired) electrons. The Morgan fingerprint density at radius 1 is 1.55 bits per heavy atom. The number of nitrogens with zero attached hydrogens (tertiary/aromatic N) is 2. The number of likely N-dealkylation sites (N-methyl/N-ethyl adjacent to an activating group) is 1. The van der Waals surface area contributed by atoms with Crippen molar-refractivity contribution < 1.29 is 14.3 Å². The number of aliphatic hydroxyl groups excluding tert-OH is 1. The Morgan fingerprint density at radius 2 is 2.25 bits per heavy atom. The Morgan fingerprint density at radius 3 is 2.90 bits per heavy atom. The summed E-state index contributed by atoms with van der Waals surface area (Å²) in [4.78, 5) is 16.0. The molecular formula is C14H18ClFN2O2. The van der Waals surface area contributed by atoms with Crippen molar-refractivity contribution in [2.24, 2.45) is 0 Å². The highest BCUT2D eigenvalue weighted by atomic mass is 35.5. The second-order valence-corrected chi connectivity index (χ2v) is 5.74. The Hall–Kier alpha value is -1.17. The molecule has 1 heterocycles. The van der Waals surface area contributed by atoms with E-state index >= 15 is 0 Å². The predicted octanol–water partition coefficient (Wildman–Crippen LogP) is 1.62. The number of benzene rings is 1. The van der Waals surface area contributed by atoms with Crippen LogP contribution in [0, 0.1) is 5.82 Å². The lowest BCUT2D eigenvalue weighted by Crippen LogP contribution is -2.41. The standard InChI is InChI=1S/C14H18ClFN2O2/c1-17(2)7-9-6-10(19)8-18(9)14(20)11-4-3-5-12(16)13(11)15/h3-5,9-10,19H,6-8H2,1-2H3. The zero-order chi connectivity index (χ0) is 14.9. The van der Waals surface area contributed by atoms with Crippen LogP contribution in [0.25, 0.3) is 0 Å². The summed E-state index contributed by atoms with van der Waals surface area (Å²) in [6.07, 6.45) is -0.0205. The van der Waals surface area contributed by atoms with Crippen LogP contribution in [0.3, 0.4) is 0 Å². The molecule has 1 fully saturated rings. The number of hydrogen-bond donors (Lipinski definition) is 1. The van der Waals surface area contributed by atoms with Crippen molar-refractivity contribution in [1.29, 1.82) is 0 Å². The van der Waals surface area contributed by atoms with Crippen LogP contribution in [0.1, 0.15) is 16.8 Å². The fourth-order valence-electron chi connectivity index (χ4n) is 2.56. The van der Waals surface area contributed by atoms with Crippen molar-refractivity contribution in [1.82, 2.24) is 9.80 Å². The van der Waals surface area contributed by atoms with E-state index in [4.69, 9.17) is 11.6 Å². The van der Waals surface area contributed by atoms with Crippen LogP contribution in [0.5, 0.6) is 0 Å². The molecule has 1 aliphatic heterocycles. The van der Waals surface area contributed by atoms with E-state index in [1.54, 1.807) is 4.90 Å². The van der Waals surface area contributed by atoms with Crippen molar-refractivity contribution in [3.8, 4) is 0 Å². The maximum absolute atomic E-state index is 13.5. The Labute approximate surface area is 122 Å². The number of likely N-dealkylation sites (tertiary alicyclic amines) is 1. The lowest BCUT2D eigenvalue weighted by Gasteiger charge is -2.27. The van der Waals surface area contributed by atoms with E-state index in [-0.39, 0.29) is 29.1 Å². The van der Waals surface area contributed by atoms with Gasteiger partial charge >= 0.3 is 0 Å². The summed E-state index contributed by atoms with van der Waals surface area (Å²) in [5.41, 5.74) is 0.143. The number of rotatable bonds is 3. The molecule has 20 heavy (non-hydrogen) atoms. The molecule has 0 spiro atoms. The molecule has 1 aromatic rings. The average molecular weight is 301 g/mol. The summed E-state index contributed by atoms with van der Waals surface area (Å²) in [7, 11) is 3.81. The first-order chi connectivity index (χ1) is 9.40. The fourth-order valence-corrected chi connectivity index (χ4v) is 2.77. The van der Waals surface area contributed by atoms with Crippen molar-refractivity contribution in [3.05, 3.63) is 34.6 Å². The van der Waals surface area contributed by atoms with Gasteiger partial charge < -0.3 is 14.9 Å². The minimum atomic E-state index is -0.610. The van der Waals surface area contributed by atoms with Crippen LogP contribution in [0.15, 0.2) is 18.2 Å². The monoisotopic (exact) mass is 300 g/mol. The smallest absolute Gasteiger partial charge is 0.255 e. The highest BCUT2D eigenvalue weighted by molar-refractivity contribution is 6.34. The molecule has 1 aromatic carbocycles. The number of carbonyl (C=O) groups is 1. The Balaban J connectivity index is 2.24. The molecule has 4 nitrogen and oxygen atoms in total. The maximum atomic E-state index is 13.5. The van der Waals surface area contributed by atoms with Gasteiger partial charge in [0, 0.05) is 19.1 Å². The maximum Gasteiger partial charge on any atom is 0.255 e. The van der Waals surface area contributed by atoms with Gasteiger partial charge in [-0.05, 0) is 32.6 Å². The van der Waals surface area contributed by atoms with Gasteiger partial charge in [0.2, 0.25) is 0 Å². The van der Waals surface area contributed by atoms with Crippen LogP contribution in [0.4, 0.5) is 4.39 Å². The third kappa shape index (κ3) is 3.11. The molecule has 0 bridgehead atoms. The van der Waals surface area contributed by atoms with Gasteiger partial charge in [0.25, 0.3) is 5.91 Å². The average Bonchev–Trinajstić information content (AvgIpc) is 2.72. The molecule has 1 N–H and O–H groups in total. The lowest BCUT2D eigenvalue weighted by molar-refractivity contribution is 0.0699. The van der Waals surface area contributed by atoms with E-state index in [0.717, 1.165) is 0 Å². The van der Waals surface area contributed by atoms with Crippen molar-refractivity contribution in [2.45, 2.75) is 18.6 Å². The van der Waals surface area contributed by atoms with Crippen LogP contribution in [-0.2, 0) is 0 Å². The SMILES string of the molecule is CN(C)CC1CC(O)CN1C(=O)c1cccc(F)c1Cl. The highest BCUT2D eigenvalue weighted by Crippen LogP contribution is 2.26. The molecular weight excluding hydrogens is 283 g/mol.